The van der Waals surface area contributed by atoms with Crippen molar-refractivity contribution >= 4 is 11.9 Å². The van der Waals surface area contributed by atoms with E-state index in [9.17, 15) is 14.4 Å². The number of rotatable bonds is 8. The van der Waals surface area contributed by atoms with Gasteiger partial charge in [0.2, 0.25) is 0 Å². The fourth-order valence-corrected chi connectivity index (χ4v) is 3.27. The first kappa shape index (κ1) is 19.5. The van der Waals surface area contributed by atoms with Crippen LogP contribution in [-0.4, -0.2) is 40.4 Å². The van der Waals surface area contributed by atoms with Crippen molar-refractivity contribution in [1.29, 1.82) is 0 Å². The first-order chi connectivity index (χ1) is 13.4. The summed E-state index contributed by atoms with van der Waals surface area (Å²) in [6.45, 7) is 0.924. The van der Waals surface area contributed by atoms with Gasteiger partial charge in [-0.15, -0.1) is 0 Å². The van der Waals surface area contributed by atoms with Gasteiger partial charge in [0.05, 0.1) is 19.4 Å². The Morgan fingerprint density at radius 2 is 1.93 bits per heavy atom. The smallest absolute Gasteiger partial charge is 0.341 e. The molecular formula is C20H21NO7. The first-order valence-corrected chi connectivity index (χ1v) is 8.94. The lowest BCUT2D eigenvalue weighted by Gasteiger charge is -2.24. The molecule has 8 nitrogen and oxygen atoms in total. The lowest BCUT2D eigenvalue weighted by molar-refractivity contribution is -0.137. The molecule has 1 aromatic heterocycles. The number of nitrogens with zero attached hydrogens (tertiary/aromatic N) is 1. The van der Waals surface area contributed by atoms with Crippen molar-refractivity contribution in [3.05, 3.63) is 45.7 Å². The van der Waals surface area contributed by atoms with Crippen molar-refractivity contribution in [1.82, 2.24) is 4.57 Å². The highest BCUT2D eigenvalue weighted by Gasteiger charge is 2.22. The number of hydrogen-bond donors (Lipinski definition) is 2. The van der Waals surface area contributed by atoms with E-state index in [4.69, 9.17) is 19.7 Å². The molecule has 0 unspecified atom stereocenters. The third-order valence-electron chi connectivity index (χ3n) is 4.69. The zero-order valence-electron chi connectivity index (χ0n) is 15.4. The molecule has 1 aliphatic heterocycles. The summed E-state index contributed by atoms with van der Waals surface area (Å²) < 4.78 is 13.0. The molecule has 148 valence electrons. The highest BCUT2D eigenvalue weighted by atomic mass is 16.5. The van der Waals surface area contributed by atoms with Crippen molar-refractivity contribution in [3.8, 4) is 22.8 Å². The number of ether oxygens (including phenoxy) is 2. The lowest BCUT2D eigenvalue weighted by atomic mass is 9.96. The van der Waals surface area contributed by atoms with Crippen molar-refractivity contribution in [3.63, 3.8) is 0 Å². The number of fused-ring (bicyclic) bond motifs is 3. The standard InChI is InChI=1S/C20H21NO7/c1-27-17-9-13-12(8-18(17)28-7-3-2-4-19(23)24)5-6-21-11-14(20(25)26)16(22)10-15(13)21/h8-11H,2-7H2,1H3,(H,23,24)(H,25,26). The molecule has 1 aliphatic rings. The Balaban J connectivity index is 1.87. The number of carboxylic acids is 2. The molecule has 0 fully saturated rings. The lowest BCUT2D eigenvalue weighted by Crippen LogP contribution is -2.22. The van der Waals surface area contributed by atoms with Crippen molar-refractivity contribution in [2.45, 2.75) is 32.2 Å². The minimum atomic E-state index is -1.24. The minimum Gasteiger partial charge on any atom is -0.493 e. The minimum absolute atomic E-state index is 0.106. The van der Waals surface area contributed by atoms with Gasteiger partial charge < -0.3 is 24.3 Å². The van der Waals surface area contributed by atoms with Gasteiger partial charge in [-0.05, 0) is 37.0 Å². The van der Waals surface area contributed by atoms with Crippen LogP contribution in [-0.2, 0) is 17.8 Å². The average molecular weight is 387 g/mol. The summed E-state index contributed by atoms with van der Waals surface area (Å²) in [5, 5.41) is 17.8. The number of aromatic carboxylic acids is 1. The van der Waals surface area contributed by atoms with Crippen LogP contribution in [0.3, 0.4) is 0 Å². The molecule has 0 aliphatic carbocycles. The predicted molar refractivity (Wildman–Crippen MR) is 100 cm³/mol. The number of aliphatic carboxylic acids is 1. The third-order valence-corrected chi connectivity index (χ3v) is 4.69. The number of aryl methyl sites for hydroxylation is 2. The number of unbranched alkanes of at least 4 members (excludes halogenated alkanes) is 1. The number of methoxy groups -OCH3 is 1. The summed E-state index contributed by atoms with van der Waals surface area (Å²) in [5.41, 5.74) is 1.63. The van der Waals surface area contributed by atoms with E-state index in [2.05, 4.69) is 0 Å². The molecule has 0 amide bonds. The van der Waals surface area contributed by atoms with Crippen LogP contribution >= 0.6 is 0 Å². The van der Waals surface area contributed by atoms with Crippen molar-refractivity contribution in [2.24, 2.45) is 0 Å². The van der Waals surface area contributed by atoms with Gasteiger partial charge in [-0.1, -0.05) is 0 Å². The van der Waals surface area contributed by atoms with Crippen LogP contribution < -0.4 is 14.9 Å². The SMILES string of the molecule is COc1cc2c(cc1OCCCCC(=O)O)CCn1cc(C(=O)O)c(=O)cc1-2. The Hall–Kier alpha value is -3.29. The maximum absolute atomic E-state index is 12.1. The Bertz CT molecular complexity index is 977. The van der Waals surface area contributed by atoms with E-state index in [0.717, 1.165) is 11.1 Å². The largest absolute Gasteiger partial charge is 0.493 e. The molecule has 1 aromatic carbocycles. The van der Waals surface area contributed by atoms with Gasteiger partial charge in [-0.3, -0.25) is 9.59 Å². The molecule has 0 saturated carbocycles. The second-order valence-electron chi connectivity index (χ2n) is 6.54. The molecule has 3 rings (SSSR count). The molecule has 0 spiro atoms. The van der Waals surface area contributed by atoms with Crippen LogP contribution in [0, 0.1) is 0 Å². The highest BCUT2D eigenvalue weighted by molar-refractivity contribution is 5.87. The molecule has 0 atom stereocenters. The summed E-state index contributed by atoms with van der Waals surface area (Å²) in [6, 6.07) is 4.99. The maximum atomic E-state index is 12.1. The van der Waals surface area contributed by atoms with Crippen LogP contribution in [0.5, 0.6) is 11.5 Å². The fourth-order valence-electron chi connectivity index (χ4n) is 3.27. The molecular weight excluding hydrogens is 366 g/mol. The summed E-state index contributed by atoms with van der Waals surface area (Å²) in [4.78, 5) is 33.9. The van der Waals surface area contributed by atoms with Gasteiger partial charge in [0.25, 0.3) is 0 Å². The number of carbonyl (C=O) groups is 2. The molecule has 0 saturated heterocycles. The summed E-state index contributed by atoms with van der Waals surface area (Å²) in [6.07, 6.45) is 3.29. The zero-order valence-corrected chi connectivity index (χ0v) is 15.4. The molecule has 2 N–H and O–H groups in total. The quantitative estimate of drug-likeness (QED) is 0.668. The van der Waals surface area contributed by atoms with Gasteiger partial charge in [0, 0.05) is 30.8 Å². The first-order valence-electron chi connectivity index (χ1n) is 8.94. The molecule has 8 heteroatoms. The Morgan fingerprint density at radius 1 is 1.14 bits per heavy atom. The number of pyridine rings is 1. The van der Waals surface area contributed by atoms with Crippen LogP contribution in [0.4, 0.5) is 0 Å². The molecule has 28 heavy (non-hydrogen) atoms. The second kappa shape index (κ2) is 8.16. The summed E-state index contributed by atoms with van der Waals surface area (Å²) in [7, 11) is 1.52. The van der Waals surface area contributed by atoms with Gasteiger partial charge in [-0.25, -0.2) is 4.79 Å². The molecule has 0 bridgehead atoms. The topological polar surface area (TPSA) is 115 Å². The van der Waals surface area contributed by atoms with E-state index in [-0.39, 0.29) is 12.0 Å². The third kappa shape index (κ3) is 4.00. The monoisotopic (exact) mass is 387 g/mol. The van der Waals surface area contributed by atoms with Crippen molar-refractivity contribution in [2.75, 3.05) is 13.7 Å². The summed E-state index contributed by atoms with van der Waals surface area (Å²) in [5.74, 6) is -1.00. The number of aromatic nitrogens is 1. The fraction of sp³-hybridized carbons (Fsp3) is 0.350. The Morgan fingerprint density at radius 3 is 2.61 bits per heavy atom. The molecule has 2 heterocycles. The van der Waals surface area contributed by atoms with Gasteiger partial charge in [-0.2, -0.15) is 0 Å². The average Bonchev–Trinajstić information content (AvgIpc) is 2.66. The normalized spacial score (nSPS) is 12.0. The molecule has 0 radical (unpaired) electrons. The van der Waals surface area contributed by atoms with E-state index in [1.807, 2.05) is 6.07 Å². The van der Waals surface area contributed by atoms with E-state index in [1.165, 1.54) is 19.4 Å². The second-order valence-corrected chi connectivity index (χ2v) is 6.54. The number of carboxylic acid groups (broad SMARTS) is 2. The highest BCUT2D eigenvalue weighted by Crippen LogP contribution is 2.38. The van der Waals surface area contributed by atoms with E-state index >= 15 is 0 Å². The number of benzene rings is 1. The van der Waals surface area contributed by atoms with Crippen molar-refractivity contribution < 1.29 is 29.3 Å². The summed E-state index contributed by atoms with van der Waals surface area (Å²) >= 11 is 0. The Labute approximate surface area is 160 Å². The van der Waals surface area contributed by atoms with Crippen LogP contribution in [0.15, 0.2) is 29.2 Å². The van der Waals surface area contributed by atoms with Crippen LogP contribution in [0.1, 0.15) is 35.2 Å². The molecule has 2 aromatic rings. The zero-order chi connectivity index (χ0) is 20.3. The van der Waals surface area contributed by atoms with Crippen LogP contribution in [0.2, 0.25) is 0 Å². The maximum Gasteiger partial charge on any atom is 0.341 e. The van der Waals surface area contributed by atoms with Crippen LogP contribution in [0.25, 0.3) is 11.3 Å². The van der Waals surface area contributed by atoms with E-state index in [1.54, 1.807) is 10.6 Å². The number of hydrogen-bond acceptors (Lipinski definition) is 5. The van der Waals surface area contributed by atoms with E-state index < -0.39 is 17.4 Å². The van der Waals surface area contributed by atoms with Gasteiger partial charge >= 0.3 is 11.9 Å². The van der Waals surface area contributed by atoms with Gasteiger partial charge in [0.15, 0.2) is 16.9 Å². The van der Waals surface area contributed by atoms with Gasteiger partial charge in [0.1, 0.15) is 5.56 Å². The Kier molecular flexibility index (Phi) is 5.67. The predicted octanol–water partition coefficient (Wildman–Crippen LogP) is 2.41. The van der Waals surface area contributed by atoms with E-state index in [0.29, 0.717) is 49.6 Å².